The van der Waals surface area contributed by atoms with Crippen LogP contribution in [0.3, 0.4) is 0 Å². The van der Waals surface area contributed by atoms with E-state index in [-0.39, 0.29) is 0 Å². The zero-order valence-electron chi connectivity index (χ0n) is 9.14. The van der Waals surface area contributed by atoms with Crippen LogP contribution in [0.1, 0.15) is 11.3 Å². The number of aromatic nitrogens is 3. The molecule has 0 aliphatic heterocycles. The van der Waals surface area contributed by atoms with E-state index in [2.05, 4.69) is 15.0 Å². The number of rotatable bonds is 2. The van der Waals surface area contributed by atoms with Gasteiger partial charge in [0.05, 0.1) is 12.4 Å². The third-order valence-electron chi connectivity index (χ3n) is 1.93. The van der Waals surface area contributed by atoms with Crippen LogP contribution < -0.4 is 5.73 Å². The topological polar surface area (TPSA) is 64.7 Å². The van der Waals surface area contributed by atoms with Crippen LogP contribution in [0.25, 0.3) is 0 Å². The fourth-order valence-corrected chi connectivity index (χ4v) is 2.20. The Bertz CT molecular complexity index is 476. The molecule has 2 aromatic heterocycles. The molecular weight excluding hydrogens is 220 g/mol. The van der Waals surface area contributed by atoms with Crippen molar-refractivity contribution in [3.05, 3.63) is 35.8 Å². The largest absolute Gasteiger partial charge is 0.382 e. The van der Waals surface area contributed by atoms with Crippen molar-refractivity contribution in [3.8, 4) is 0 Å². The van der Waals surface area contributed by atoms with Crippen LogP contribution in [0, 0.1) is 13.8 Å². The first kappa shape index (κ1) is 10.9. The van der Waals surface area contributed by atoms with Gasteiger partial charge in [-0.2, -0.15) is 0 Å². The van der Waals surface area contributed by atoms with Crippen molar-refractivity contribution < 1.29 is 0 Å². The Hall–Kier alpha value is -1.62. The molecule has 0 saturated carbocycles. The number of pyridine rings is 1. The molecule has 2 N–H and O–H groups in total. The van der Waals surface area contributed by atoms with Crippen LogP contribution in [0.4, 0.5) is 5.82 Å². The van der Waals surface area contributed by atoms with Gasteiger partial charge in [0.25, 0.3) is 0 Å². The average Bonchev–Trinajstić information content (AvgIpc) is 2.20. The highest BCUT2D eigenvalue weighted by Crippen LogP contribution is 2.24. The summed E-state index contributed by atoms with van der Waals surface area (Å²) in [5.41, 5.74) is 7.67. The average molecular weight is 232 g/mol. The number of aryl methyl sites for hydroxylation is 2. The van der Waals surface area contributed by atoms with Crippen LogP contribution in [-0.4, -0.2) is 15.0 Å². The van der Waals surface area contributed by atoms with Gasteiger partial charge in [0.1, 0.15) is 15.9 Å². The molecule has 0 aromatic carbocycles. The van der Waals surface area contributed by atoms with Crippen LogP contribution in [0.2, 0.25) is 0 Å². The predicted octanol–water partition coefficient (Wildman–Crippen LogP) is 2.22. The molecule has 2 aromatic rings. The minimum absolute atomic E-state index is 0.428. The van der Waals surface area contributed by atoms with E-state index in [1.54, 1.807) is 12.4 Å². The molecule has 0 bridgehead atoms. The van der Waals surface area contributed by atoms with E-state index in [1.165, 1.54) is 17.3 Å². The lowest BCUT2D eigenvalue weighted by Gasteiger charge is -2.02. The van der Waals surface area contributed by atoms with Gasteiger partial charge >= 0.3 is 0 Å². The highest BCUT2D eigenvalue weighted by molar-refractivity contribution is 7.99. The Labute approximate surface area is 98.3 Å². The molecule has 16 heavy (non-hydrogen) atoms. The van der Waals surface area contributed by atoms with E-state index in [0.29, 0.717) is 5.82 Å². The standard InChI is InChI=1S/C11H12N4S/c1-7-3-8(2)15-10(4-7)16-11-6-13-9(12)5-14-11/h3-6H,1-2H3,(H2,12,13). The maximum Gasteiger partial charge on any atom is 0.141 e. The molecule has 0 radical (unpaired) electrons. The maximum absolute atomic E-state index is 5.47. The summed E-state index contributed by atoms with van der Waals surface area (Å²) >= 11 is 1.48. The Balaban J connectivity index is 2.23. The predicted molar refractivity (Wildman–Crippen MR) is 64.3 cm³/mol. The lowest BCUT2D eigenvalue weighted by Crippen LogP contribution is -1.92. The number of nitrogen functional groups attached to an aromatic ring is 1. The minimum atomic E-state index is 0.428. The second-order valence-electron chi connectivity index (χ2n) is 3.51. The highest BCUT2D eigenvalue weighted by atomic mass is 32.2. The Morgan fingerprint density at radius 3 is 2.50 bits per heavy atom. The SMILES string of the molecule is Cc1cc(C)nc(Sc2cnc(N)cn2)c1. The summed E-state index contributed by atoms with van der Waals surface area (Å²) in [6, 6.07) is 4.06. The molecule has 0 atom stereocenters. The van der Waals surface area contributed by atoms with Gasteiger partial charge in [0.15, 0.2) is 0 Å². The summed E-state index contributed by atoms with van der Waals surface area (Å²) < 4.78 is 0. The van der Waals surface area contributed by atoms with E-state index in [9.17, 15) is 0 Å². The van der Waals surface area contributed by atoms with Gasteiger partial charge in [0, 0.05) is 5.69 Å². The molecule has 0 unspecified atom stereocenters. The molecule has 0 aliphatic carbocycles. The molecule has 0 fully saturated rings. The van der Waals surface area contributed by atoms with Gasteiger partial charge in [0.2, 0.25) is 0 Å². The molecule has 2 rings (SSSR count). The first-order valence-corrected chi connectivity index (χ1v) is 5.66. The van der Waals surface area contributed by atoms with Crippen molar-refractivity contribution in [3.63, 3.8) is 0 Å². The van der Waals surface area contributed by atoms with E-state index in [0.717, 1.165) is 15.7 Å². The first-order valence-electron chi connectivity index (χ1n) is 4.84. The third kappa shape index (κ3) is 2.70. The highest BCUT2D eigenvalue weighted by Gasteiger charge is 2.02. The molecular formula is C11H12N4S. The van der Waals surface area contributed by atoms with Crippen LogP contribution in [0.5, 0.6) is 0 Å². The zero-order valence-corrected chi connectivity index (χ0v) is 9.95. The minimum Gasteiger partial charge on any atom is -0.382 e. The molecule has 0 spiro atoms. The summed E-state index contributed by atoms with van der Waals surface area (Å²) in [7, 11) is 0. The van der Waals surface area contributed by atoms with Crippen molar-refractivity contribution in [1.82, 2.24) is 15.0 Å². The summed E-state index contributed by atoms with van der Waals surface area (Å²) in [6.07, 6.45) is 3.20. The van der Waals surface area contributed by atoms with Gasteiger partial charge in [-0.15, -0.1) is 0 Å². The molecule has 0 amide bonds. The number of anilines is 1. The number of nitrogens with zero attached hydrogens (tertiary/aromatic N) is 3. The van der Waals surface area contributed by atoms with Crippen molar-refractivity contribution in [2.75, 3.05) is 5.73 Å². The van der Waals surface area contributed by atoms with Gasteiger partial charge < -0.3 is 5.73 Å². The fourth-order valence-electron chi connectivity index (χ4n) is 1.34. The van der Waals surface area contributed by atoms with Crippen molar-refractivity contribution >= 4 is 17.6 Å². The molecule has 82 valence electrons. The maximum atomic E-state index is 5.47. The smallest absolute Gasteiger partial charge is 0.141 e. The summed E-state index contributed by atoms with van der Waals surface area (Å²) in [5, 5.41) is 1.73. The number of nitrogens with two attached hydrogens (primary N) is 1. The zero-order chi connectivity index (χ0) is 11.5. The lowest BCUT2D eigenvalue weighted by molar-refractivity contribution is 1.02. The van der Waals surface area contributed by atoms with Crippen LogP contribution >= 0.6 is 11.8 Å². The summed E-state index contributed by atoms with van der Waals surface area (Å²) in [6.45, 7) is 4.03. The van der Waals surface area contributed by atoms with Crippen LogP contribution in [0.15, 0.2) is 34.6 Å². The van der Waals surface area contributed by atoms with E-state index in [4.69, 9.17) is 5.73 Å². The quantitative estimate of drug-likeness (QED) is 0.860. The molecule has 2 heterocycles. The van der Waals surface area contributed by atoms with Crippen LogP contribution in [-0.2, 0) is 0 Å². The molecule has 0 saturated heterocycles. The van der Waals surface area contributed by atoms with Gasteiger partial charge in [-0.1, -0.05) is 0 Å². The third-order valence-corrected chi connectivity index (χ3v) is 2.77. The fraction of sp³-hybridized carbons (Fsp3) is 0.182. The Morgan fingerprint density at radius 1 is 1.06 bits per heavy atom. The first-order chi connectivity index (χ1) is 7.63. The van der Waals surface area contributed by atoms with E-state index in [1.807, 2.05) is 26.0 Å². The summed E-state index contributed by atoms with van der Waals surface area (Å²) in [4.78, 5) is 12.6. The normalized spacial score (nSPS) is 10.4. The van der Waals surface area contributed by atoms with E-state index < -0.39 is 0 Å². The van der Waals surface area contributed by atoms with Gasteiger partial charge in [-0.05, 0) is 43.3 Å². The molecule has 0 aliphatic rings. The van der Waals surface area contributed by atoms with Crippen molar-refractivity contribution in [2.24, 2.45) is 0 Å². The van der Waals surface area contributed by atoms with Crippen molar-refractivity contribution in [1.29, 1.82) is 0 Å². The van der Waals surface area contributed by atoms with Gasteiger partial charge in [-0.3, -0.25) is 0 Å². The second-order valence-corrected chi connectivity index (χ2v) is 4.55. The Morgan fingerprint density at radius 2 is 1.88 bits per heavy atom. The Kier molecular flexibility index (Phi) is 3.05. The van der Waals surface area contributed by atoms with Gasteiger partial charge in [-0.25, -0.2) is 15.0 Å². The molecule has 5 heteroatoms. The number of hydrogen-bond donors (Lipinski definition) is 1. The second kappa shape index (κ2) is 4.49. The van der Waals surface area contributed by atoms with Crippen molar-refractivity contribution in [2.45, 2.75) is 23.9 Å². The summed E-state index contributed by atoms with van der Waals surface area (Å²) in [5.74, 6) is 0.428. The number of hydrogen-bond acceptors (Lipinski definition) is 5. The monoisotopic (exact) mass is 232 g/mol. The van der Waals surface area contributed by atoms with E-state index >= 15 is 0 Å². The molecule has 4 nitrogen and oxygen atoms in total. The lowest BCUT2D eigenvalue weighted by atomic mass is 10.3.